The maximum Gasteiger partial charge on any atom is 0.276 e. The summed E-state index contributed by atoms with van der Waals surface area (Å²) in [4.78, 5) is 13.4. The molecule has 0 saturated heterocycles. The molecule has 5 nitrogen and oxygen atoms in total. The minimum atomic E-state index is -0.984. The summed E-state index contributed by atoms with van der Waals surface area (Å²) in [5.41, 5.74) is 0. The van der Waals surface area contributed by atoms with Crippen LogP contribution in [0.3, 0.4) is 0 Å². The largest absolute Gasteiger partial charge is 0.394 e. The highest BCUT2D eigenvalue weighted by Crippen LogP contribution is 1.81. The molecule has 0 aliphatic rings. The van der Waals surface area contributed by atoms with E-state index in [9.17, 15) is 4.79 Å². The van der Waals surface area contributed by atoms with Crippen LogP contribution in [0, 0.1) is 0 Å². The van der Waals surface area contributed by atoms with Crippen LogP contribution in [-0.2, 0) is 9.63 Å². The molecule has 5 heteroatoms. The number of isocyanates is 1. The van der Waals surface area contributed by atoms with Gasteiger partial charge in [0.2, 0.25) is 0 Å². The Balaban J connectivity index is 3.16. The van der Waals surface area contributed by atoms with Crippen LogP contribution < -0.4 is 0 Å². The van der Waals surface area contributed by atoms with Crippen molar-refractivity contribution in [1.82, 2.24) is 0 Å². The molecular weight excluding hydrogens is 126 g/mol. The van der Waals surface area contributed by atoms with Crippen LogP contribution >= 0.6 is 0 Å². The fourth-order valence-electron chi connectivity index (χ4n) is 0.202. The van der Waals surface area contributed by atoms with E-state index in [1.54, 1.807) is 0 Å². The molecule has 0 aromatic carbocycles. The molecule has 0 aromatic rings. The monoisotopic (exact) mass is 133 g/mol. The fourth-order valence-corrected chi connectivity index (χ4v) is 0.202. The zero-order chi connectivity index (χ0) is 7.11. The summed E-state index contributed by atoms with van der Waals surface area (Å²) in [5, 5.41) is 19.4. The average molecular weight is 133 g/mol. The predicted molar refractivity (Wildman–Crippen MR) is 27.2 cm³/mol. The van der Waals surface area contributed by atoms with Crippen molar-refractivity contribution in [1.29, 1.82) is 0 Å². The molecular formula is C4H7NO4. The normalized spacial score (nSPS) is 11.8. The van der Waals surface area contributed by atoms with Crippen LogP contribution in [0.15, 0.2) is 5.16 Å². The highest BCUT2D eigenvalue weighted by molar-refractivity contribution is 5.31. The van der Waals surface area contributed by atoms with E-state index in [-0.39, 0.29) is 6.61 Å². The quantitative estimate of drug-likeness (QED) is 0.281. The molecule has 1 atom stereocenters. The van der Waals surface area contributed by atoms with Crippen molar-refractivity contribution in [3.8, 4) is 0 Å². The third kappa shape index (κ3) is 4.96. The molecule has 2 N–H and O–H groups in total. The molecule has 9 heavy (non-hydrogen) atoms. The Hall–Kier alpha value is -0.900. The van der Waals surface area contributed by atoms with E-state index in [4.69, 9.17) is 10.2 Å². The van der Waals surface area contributed by atoms with Gasteiger partial charge in [0, 0.05) is 5.16 Å². The molecule has 0 aliphatic heterocycles. The molecule has 0 radical (unpaired) electrons. The third-order valence-electron chi connectivity index (χ3n) is 0.579. The molecule has 0 spiro atoms. The summed E-state index contributed by atoms with van der Waals surface area (Å²) in [6.45, 7) is -0.597. The second-order valence-corrected chi connectivity index (χ2v) is 1.31. The van der Waals surface area contributed by atoms with E-state index in [0.717, 1.165) is 6.08 Å². The smallest absolute Gasteiger partial charge is 0.276 e. The lowest BCUT2D eigenvalue weighted by Gasteiger charge is -2.01. The number of aliphatic hydroxyl groups excluding tert-OH is 2. The topological polar surface area (TPSA) is 79.1 Å². The summed E-state index contributed by atoms with van der Waals surface area (Å²) in [6.07, 6.45) is 0.123. The van der Waals surface area contributed by atoms with Gasteiger partial charge in [-0.15, -0.1) is 0 Å². The maximum atomic E-state index is 9.31. The maximum absolute atomic E-state index is 9.31. The second-order valence-electron chi connectivity index (χ2n) is 1.31. The lowest BCUT2D eigenvalue weighted by atomic mass is 10.4. The molecule has 1 unspecified atom stereocenters. The number of carbonyl (C=O) groups excluding carboxylic acids is 1. The van der Waals surface area contributed by atoms with Crippen molar-refractivity contribution < 1.29 is 19.8 Å². The fraction of sp³-hybridized carbons (Fsp3) is 0.750. The Morgan fingerprint density at radius 1 is 1.78 bits per heavy atom. The summed E-state index contributed by atoms with van der Waals surface area (Å²) in [5.74, 6) is 0. The van der Waals surface area contributed by atoms with E-state index < -0.39 is 12.7 Å². The summed E-state index contributed by atoms with van der Waals surface area (Å²) in [6, 6.07) is 0. The van der Waals surface area contributed by atoms with Crippen molar-refractivity contribution in [3.63, 3.8) is 0 Å². The van der Waals surface area contributed by atoms with Crippen LogP contribution in [0.5, 0.6) is 0 Å². The van der Waals surface area contributed by atoms with Gasteiger partial charge in [-0.1, -0.05) is 0 Å². The Bertz CT molecular complexity index is 109. The van der Waals surface area contributed by atoms with Gasteiger partial charge in [0.25, 0.3) is 6.08 Å². The van der Waals surface area contributed by atoms with Crippen LogP contribution in [0.25, 0.3) is 0 Å². The van der Waals surface area contributed by atoms with Gasteiger partial charge in [0.15, 0.2) is 0 Å². The second kappa shape index (κ2) is 5.24. The van der Waals surface area contributed by atoms with Crippen LogP contribution in [0.2, 0.25) is 0 Å². The van der Waals surface area contributed by atoms with E-state index >= 15 is 0 Å². The van der Waals surface area contributed by atoms with E-state index in [1.165, 1.54) is 0 Å². The summed E-state index contributed by atoms with van der Waals surface area (Å²) < 4.78 is 0. The van der Waals surface area contributed by atoms with Crippen LogP contribution in [0.4, 0.5) is 0 Å². The van der Waals surface area contributed by atoms with E-state index in [0.29, 0.717) is 0 Å². The van der Waals surface area contributed by atoms with Crippen LogP contribution in [0.1, 0.15) is 0 Å². The number of hydrogen-bond donors (Lipinski definition) is 2. The van der Waals surface area contributed by atoms with Gasteiger partial charge in [0.1, 0.15) is 12.7 Å². The molecule has 0 aromatic heterocycles. The Morgan fingerprint density at radius 3 is 2.89 bits per heavy atom. The van der Waals surface area contributed by atoms with Gasteiger partial charge in [-0.2, -0.15) is 0 Å². The Labute approximate surface area is 51.5 Å². The van der Waals surface area contributed by atoms with Crippen molar-refractivity contribution in [2.24, 2.45) is 5.16 Å². The minimum Gasteiger partial charge on any atom is -0.394 e. The first-order valence-corrected chi connectivity index (χ1v) is 2.29. The highest BCUT2D eigenvalue weighted by Gasteiger charge is 1.99. The molecule has 52 valence electrons. The highest BCUT2D eigenvalue weighted by atomic mass is 16.6. The van der Waals surface area contributed by atoms with Gasteiger partial charge in [-0.3, -0.25) is 0 Å². The minimum absolute atomic E-state index is 0.189. The number of hydrogen-bond acceptors (Lipinski definition) is 5. The third-order valence-corrected chi connectivity index (χ3v) is 0.579. The lowest BCUT2D eigenvalue weighted by molar-refractivity contribution is 0.00832. The number of rotatable bonds is 4. The SMILES string of the molecule is O=C=NOCC(O)CO. The zero-order valence-corrected chi connectivity index (χ0v) is 4.65. The van der Waals surface area contributed by atoms with Gasteiger partial charge < -0.3 is 15.1 Å². The number of nitrogens with zero attached hydrogens (tertiary/aromatic N) is 1. The first-order chi connectivity index (χ1) is 4.31. The predicted octanol–water partition coefficient (Wildman–Crippen LogP) is -1.39. The molecule has 0 rings (SSSR count). The molecule has 0 amide bonds. The Morgan fingerprint density at radius 2 is 2.44 bits per heavy atom. The van der Waals surface area contributed by atoms with Gasteiger partial charge in [-0.25, -0.2) is 4.79 Å². The molecule has 0 bridgehead atoms. The van der Waals surface area contributed by atoms with Crippen molar-refractivity contribution in [3.05, 3.63) is 0 Å². The first kappa shape index (κ1) is 8.10. The van der Waals surface area contributed by atoms with E-state index in [2.05, 4.69) is 9.99 Å². The summed E-state index contributed by atoms with van der Waals surface area (Å²) in [7, 11) is 0. The van der Waals surface area contributed by atoms with Gasteiger partial charge in [0.05, 0.1) is 6.61 Å². The molecule has 0 saturated carbocycles. The van der Waals surface area contributed by atoms with Gasteiger partial charge in [-0.05, 0) is 0 Å². The zero-order valence-electron chi connectivity index (χ0n) is 4.65. The lowest BCUT2D eigenvalue weighted by Crippen LogP contribution is -2.17. The summed E-state index contributed by atoms with van der Waals surface area (Å²) >= 11 is 0. The first-order valence-electron chi connectivity index (χ1n) is 2.29. The molecule has 0 aliphatic carbocycles. The van der Waals surface area contributed by atoms with Crippen LogP contribution in [-0.4, -0.2) is 35.6 Å². The number of aliphatic hydroxyl groups is 2. The van der Waals surface area contributed by atoms with Crippen molar-refractivity contribution in [2.75, 3.05) is 13.2 Å². The Kier molecular flexibility index (Phi) is 4.72. The van der Waals surface area contributed by atoms with Crippen molar-refractivity contribution in [2.45, 2.75) is 6.10 Å². The van der Waals surface area contributed by atoms with Crippen molar-refractivity contribution >= 4 is 6.08 Å². The molecule has 0 fully saturated rings. The standard InChI is InChI=1S/C4H7NO4/c6-1-4(8)2-9-5-3-7/h4,6,8H,1-2H2. The van der Waals surface area contributed by atoms with E-state index in [1.807, 2.05) is 0 Å². The molecule has 0 heterocycles. The average Bonchev–Trinajstić information content (AvgIpc) is 1.89. The van der Waals surface area contributed by atoms with Gasteiger partial charge >= 0.3 is 0 Å².